The quantitative estimate of drug-likeness (QED) is 0.561. The van der Waals surface area contributed by atoms with Crippen molar-refractivity contribution in [2.45, 2.75) is 38.3 Å². The number of aromatic nitrogens is 2. The van der Waals surface area contributed by atoms with Gasteiger partial charge in [0, 0.05) is 37.6 Å². The first-order valence-electron chi connectivity index (χ1n) is 12.0. The van der Waals surface area contributed by atoms with Crippen LogP contribution in [0.3, 0.4) is 0 Å². The van der Waals surface area contributed by atoms with Crippen LogP contribution >= 0.6 is 0 Å². The van der Waals surface area contributed by atoms with Crippen LogP contribution < -0.4 is 26.0 Å². The normalized spacial score (nSPS) is 20.6. The summed E-state index contributed by atoms with van der Waals surface area (Å²) in [6.07, 6.45) is 2.35. The van der Waals surface area contributed by atoms with Gasteiger partial charge < -0.3 is 30.7 Å². The molecule has 35 heavy (non-hydrogen) atoms. The number of carbonyl (C=O) groups excluding carboxylic acids is 2. The van der Waals surface area contributed by atoms with Gasteiger partial charge in [-0.15, -0.1) is 0 Å². The summed E-state index contributed by atoms with van der Waals surface area (Å²) in [4.78, 5) is 38.0. The second-order valence-electron chi connectivity index (χ2n) is 9.20. The highest BCUT2D eigenvalue weighted by Gasteiger charge is 2.37. The topological polar surface area (TPSA) is 135 Å². The third kappa shape index (κ3) is 4.73. The van der Waals surface area contributed by atoms with Crippen molar-refractivity contribution < 1.29 is 19.1 Å². The van der Waals surface area contributed by atoms with Crippen LogP contribution in [0.4, 0.5) is 23.0 Å². The van der Waals surface area contributed by atoms with Crippen molar-refractivity contribution in [3.8, 4) is 5.75 Å². The second-order valence-corrected chi connectivity index (χ2v) is 9.20. The van der Waals surface area contributed by atoms with E-state index in [2.05, 4.69) is 15.6 Å². The Balaban J connectivity index is 1.43. The standard InChI is InChI=1S/C24H31N7O4/c1-3-17-23(26-14-6-8-34-9-7-14)29-24(21(28-17)22(25)33)27-15-4-5-18-19(10-15)35-13-16-11-30(2)12-20(32)31(16)18/h4-5,10,14,16H,3,6-9,11-13H2,1-2H3,(H2,25,33)(H2,26,27,29)/t16-/m0/s1. The van der Waals surface area contributed by atoms with Crippen LogP contribution in [-0.2, 0) is 16.0 Å². The van der Waals surface area contributed by atoms with E-state index < -0.39 is 5.91 Å². The lowest BCUT2D eigenvalue weighted by Crippen LogP contribution is -2.59. The molecule has 0 bridgehead atoms. The lowest BCUT2D eigenvalue weighted by molar-refractivity contribution is -0.122. The molecule has 1 atom stereocenters. The molecule has 2 aromatic rings. The third-order valence-corrected chi connectivity index (χ3v) is 6.57. The summed E-state index contributed by atoms with van der Waals surface area (Å²) in [7, 11) is 1.93. The molecule has 0 aliphatic carbocycles. The van der Waals surface area contributed by atoms with Crippen LogP contribution in [0.15, 0.2) is 18.2 Å². The van der Waals surface area contributed by atoms with Crippen LogP contribution in [0.25, 0.3) is 0 Å². The molecule has 3 aliphatic heterocycles. The number of nitrogens with two attached hydrogens (primary N) is 1. The Hall–Kier alpha value is -3.44. The van der Waals surface area contributed by atoms with E-state index in [0.717, 1.165) is 25.1 Å². The van der Waals surface area contributed by atoms with Gasteiger partial charge in [0.1, 0.15) is 12.4 Å². The molecule has 4 N–H and O–H groups in total. The second kappa shape index (κ2) is 9.67. The maximum atomic E-state index is 12.7. The minimum atomic E-state index is -0.660. The Morgan fingerprint density at radius 2 is 2.03 bits per heavy atom. The monoisotopic (exact) mass is 481 g/mol. The van der Waals surface area contributed by atoms with Crippen LogP contribution in [-0.4, -0.2) is 78.7 Å². The van der Waals surface area contributed by atoms with E-state index in [1.165, 1.54) is 0 Å². The zero-order valence-corrected chi connectivity index (χ0v) is 20.0. The summed E-state index contributed by atoms with van der Waals surface area (Å²) in [5.74, 6) is 0.895. The van der Waals surface area contributed by atoms with Crippen LogP contribution in [0, 0.1) is 0 Å². The highest BCUT2D eigenvalue weighted by Crippen LogP contribution is 2.38. The number of hydrogen-bond donors (Lipinski definition) is 3. The highest BCUT2D eigenvalue weighted by atomic mass is 16.5. The van der Waals surface area contributed by atoms with Crippen molar-refractivity contribution in [1.29, 1.82) is 0 Å². The first-order valence-corrected chi connectivity index (χ1v) is 12.0. The molecule has 2 amide bonds. The number of primary amides is 1. The zero-order valence-electron chi connectivity index (χ0n) is 20.0. The number of nitrogens with zero attached hydrogens (tertiary/aromatic N) is 4. The van der Waals surface area contributed by atoms with Crippen molar-refractivity contribution >= 4 is 34.8 Å². The fourth-order valence-corrected chi connectivity index (χ4v) is 4.83. The maximum Gasteiger partial charge on any atom is 0.271 e. The van der Waals surface area contributed by atoms with E-state index in [1.54, 1.807) is 0 Å². The largest absolute Gasteiger partial charge is 0.489 e. The van der Waals surface area contributed by atoms with Gasteiger partial charge in [-0.05, 0) is 38.4 Å². The highest BCUT2D eigenvalue weighted by molar-refractivity contribution is 5.99. The summed E-state index contributed by atoms with van der Waals surface area (Å²) in [6.45, 7) is 4.91. The van der Waals surface area contributed by atoms with Gasteiger partial charge >= 0.3 is 0 Å². The Morgan fingerprint density at radius 1 is 1.23 bits per heavy atom. The van der Waals surface area contributed by atoms with Gasteiger partial charge in [0.15, 0.2) is 17.3 Å². The summed E-state index contributed by atoms with van der Waals surface area (Å²) in [5.41, 5.74) is 7.81. The zero-order chi connectivity index (χ0) is 24.5. The molecular formula is C24H31N7O4. The van der Waals surface area contributed by atoms with E-state index in [0.29, 0.717) is 55.7 Å². The number of piperazine rings is 1. The van der Waals surface area contributed by atoms with Gasteiger partial charge in [-0.3, -0.25) is 14.5 Å². The molecule has 186 valence electrons. The van der Waals surface area contributed by atoms with E-state index >= 15 is 0 Å². The van der Waals surface area contributed by atoms with Gasteiger partial charge in [-0.2, -0.15) is 0 Å². The molecule has 3 aliphatic rings. The van der Waals surface area contributed by atoms with Crippen molar-refractivity contribution in [3.63, 3.8) is 0 Å². The van der Waals surface area contributed by atoms with E-state index in [1.807, 2.05) is 42.0 Å². The summed E-state index contributed by atoms with van der Waals surface area (Å²) in [6, 6.07) is 5.71. The molecular weight excluding hydrogens is 450 g/mol. The number of fused-ring (bicyclic) bond motifs is 3. The lowest BCUT2D eigenvalue weighted by atomic mass is 10.1. The van der Waals surface area contributed by atoms with Crippen molar-refractivity contribution in [2.24, 2.45) is 5.73 Å². The molecule has 11 nitrogen and oxygen atoms in total. The lowest BCUT2D eigenvalue weighted by Gasteiger charge is -2.43. The number of benzene rings is 1. The molecule has 11 heteroatoms. The van der Waals surface area contributed by atoms with Crippen molar-refractivity contribution in [2.75, 3.05) is 55.5 Å². The van der Waals surface area contributed by atoms with Crippen molar-refractivity contribution in [3.05, 3.63) is 29.6 Å². The van der Waals surface area contributed by atoms with E-state index in [9.17, 15) is 9.59 Å². The average molecular weight is 482 g/mol. The van der Waals surface area contributed by atoms with Crippen LogP contribution in [0.5, 0.6) is 5.75 Å². The molecule has 0 spiro atoms. The first-order chi connectivity index (χ1) is 16.9. The van der Waals surface area contributed by atoms with Gasteiger partial charge in [0.05, 0.1) is 24.0 Å². The van der Waals surface area contributed by atoms with Gasteiger partial charge in [-0.25, -0.2) is 9.97 Å². The number of likely N-dealkylation sites (N-methyl/N-ethyl adjacent to an activating group) is 1. The smallest absolute Gasteiger partial charge is 0.271 e. The molecule has 0 saturated carbocycles. The number of ether oxygens (including phenoxy) is 2. The average Bonchev–Trinajstić information content (AvgIpc) is 2.84. The number of carbonyl (C=O) groups is 2. The third-order valence-electron chi connectivity index (χ3n) is 6.57. The Morgan fingerprint density at radius 3 is 2.77 bits per heavy atom. The molecule has 2 fully saturated rings. The van der Waals surface area contributed by atoms with E-state index in [-0.39, 0.29) is 29.5 Å². The number of amides is 2. The SMILES string of the molecule is CCc1nc(C(N)=O)c(Nc2ccc3c(c2)OC[C@@H]2CN(C)CC(=O)N32)nc1NC1CCOCC1. The van der Waals surface area contributed by atoms with E-state index in [4.69, 9.17) is 20.2 Å². The maximum absolute atomic E-state index is 12.7. The predicted molar refractivity (Wildman–Crippen MR) is 131 cm³/mol. The number of nitrogens with one attached hydrogen (secondary N) is 2. The fraction of sp³-hybridized carbons (Fsp3) is 0.500. The molecule has 0 radical (unpaired) electrons. The fourth-order valence-electron chi connectivity index (χ4n) is 4.83. The van der Waals surface area contributed by atoms with Crippen LogP contribution in [0.1, 0.15) is 35.9 Å². The minimum absolute atomic E-state index is 0.0136. The Labute approximate surface area is 204 Å². The minimum Gasteiger partial charge on any atom is -0.489 e. The van der Waals surface area contributed by atoms with Crippen molar-refractivity contribution in [1.82, 2.24) is 14.9 Å². The van der Waals surface area contributed by atoms with Gasteiger partial charge in [0.25, 0.3) is 5.91 Å². The molecule has 4 heterocycles. The van der Waals surface area contributed by atoms with Gasteiger partial charge in [0.2, 0.25) is 5.91 Å². The summed E-state index contributed by atoms with van der Waals surface area (Å²) < 4.78 is 11.4. The molecule has 1 aromatic carbocycles. The number of anilines is 4. The Bertz CT molecular complexity index is 1140. The molecule has 0 unspecified atom stereocenters. The summed E-state index contributed by atoms with van der Waals surface area (Å²) >= 11 is 0. The molecule has 2 saturated heterocycles. The molecule has 1 aromatic heterocycles. The van der Waals surface area contributed by atoms with Gasteiger partial charge in [-0.1, -0.05) is 6.92 Å². The first kappa shape index (κ1) is 23.3. The molecule has 5 rings (SSSR count). The number of hydrogen-bond acceptors (Lipinski definition) is 9. The Kier molecular flexibility index (Phi) is 6.44. The number of aryl methyl sites for hydroxylation is 1. The van der Waals surface area contributed by atoms with Crippen LogP contribution in [0.2, 0.25) is 0 Å². The number of rotatable bonds is 6. The predicted octanol–water partition coefficient (Wildman–Crippen LogP) is 1.51. The summed E-state index contributed by atoms with van der Waals surface area (Å²) in [5, 5.41) is 6.66.